The molecule has 0 bridgehead atoms. The Morgan fingerprint density at radius 1 is 1.41 bits per heavy atom. The van der Waals surface area contributed by atoms with Gasteiger partial charge in [0.1, 0.15) is 11.3 Å². The van der Waals surface area contributed by atoms with Gasteiger partial charge in [0.25, 0.3) is 0 Å². The fourth-order valence-electron chi connectivity index (χ4n) is 2.80. The van der Waals surface area contributed by atoms with Crippen LogP contribution in [0.15, 0.2) is 18.3 Å². The maximum absolute atomic E-state index is 6.41. The number of aryl methyl sites for hydroxylation is 1. The number of rotatable bonds is 2. The van der Waals surface area contributed by atoms with Crippen molar-refractivity contribution >= 4 is 11.2 Å². The second-order valence-corrected chi connectivity index (χ2v) is 5.18. The SMILES string of the molecule is Cn1c(CC2(N)CCCC2)nc2cccnc21. The van der Waals surface area contributed by atoms with Gasteiger partial charge in [0.15, 0.2) is 5.65 Å². The van der Waals surface area contributed by atoms with E-state index < -0.39 is 0 Å². The predicted molar refractivity (Wildman–Crippen MR) is 67.6 cm³/mol. The molecule has 0 saturated heterocycles. The summed E-state index contributed by atoms with van der Waals surface area (Å²) >= 11 is 0. The van der Waals surface area contributed by atoms with E-state index in [1.54, 1.807) is 0 Å². The molecule has 0 spiro atoms. The summed E-state index contributed by atoms with van der Waals surface area (Å²) in [6.45, 7) is 0. The van der Waals surface area contributed by atoms with Crippen molar-refractivity contribution in [1.29, 1.82) is 0 Å². The van der Waals surface area contributed by atoms with Gasteiger partial charge in [-0.15, -0.1) is 0 Å². The molecule has 1 saturated carbocycles. The van der Waals surface area contributed by atoms with Crippen molar-refractivity contribution in [1.82, 2.24) is 14.5 Å². The molecular weight excluding hydrogens is 212 g/mol. The maximum Gasteiger partial charge on any atom is 0.159 e. The summed E-state index contributed by atoms with van der Waals surface area (Å²) in [5, 5.41) is 0. The van der Waals surface area contributed by atoms with E-state index in [0.717, 1.165) is 36.3 Å². The molecule has 3 rings (SSSR count). The molecular formula is C13H18N4. The number of pyridine rings is 1. The Hall–Kier alpha value is -1.42. The first kappa shape index (κ1) is 10.7. The van der Waals surface area contributed by atoms with Crippen LogP contribution < -0.4 is 5.73 Å². The van der Waals surface area contributed by atoms with Gasteiger partial charge < -0.3 is 10.3 Å². The highest BCUT2D eigenvalue weighted by Gasteiger charge is 2.31. The normalized spacial score (nSPS) is 18.9. The molecule has 2 aromatic rings. The van der Waals surface area contributed by atoms with Gasteiger partial charge in [-0.2, -0.15) is 0 Å². The Labute approximate surface area is 101 Å². The van der Waals surface area contributed by atoms with Crippen LogP contribution >= 0.6 is 0 Å². The van der Waals surface area contributed by atoms with Gasteiger partial charge in [0, 0.05) is 25.2 Å². The van der Waals surface area contributed by atoms with Crippen LogP contribution in [0.5, 0.6) is 0 Å². The first-order valence-electron chi connectivity index (χ1n) is 6.23. The van der Waals surface area contributed by atoms with Crippen molar-refractivity contribution in [3.8, 4) is 0 Å². The summed E-state index contributed by atoms with van der Waals surface area (Å²) < 4.78 is 2.07. The molecule has 1 fully saturated rings. The Morgan fingerprint density at radius 2 is 2.18 bits per heavy atom. The maximum atomic E-state index is 6.41. The van der Waals surface area contributed by atoms with Crippen molar-refractivity contribution < 1.29 is 0 Å². The highest BCUT2D eigenvalue weighted by molar-refractivity contribution is 5.70. The summed E-state index contributed by atoms with van der Waals surface area (Å²) in [7, 11) is 2.02. The van der Waals surface area contributed by atoms with Crippen LogP contribution in [0.4, 0.5) is 0 Å². The first-order valence-corrected chi connectivity index (χ1v) is 6.23. The highest BCUT2D eigenvalue weighted by Crippen LogP contribution is 2.30. The summed E-state index contributed by atoms with van der Waals surface area (Å²) in [5.74, 6) is 1.06. The minimum Gasteiger partial charge on any atom is -0.325 e. The molecule has 90 valence electrons. The molecule has 1 aliphatic rings. The molecule has 4 heteroatoms. The number of aromatic nitrogens is 3. The molecule has 0 unspecified atom stereocenters. The molecule has 0 amide bonds. The van der Waals surface area contributed by atoms with Crippen LogP contribution in [-0.2, 0) is 13.5 Å². The lowest BCUT2D eigenvalue weighted by Crippen LogP contribution is -2.39. The van der Waals surface area contributed by atoms with Gasteiger partial charge in [-0.25, -0.2) is 9.97 Å². The average Bonchev–Trinajstić information content (AvgIpc) is 2.86. The zero-order valence-corrected chi connectivity index (χ0v) is 10.2. The molecule has 0 radical (unpaired) electrons. The number of imidazole rings is 1. The smallest absolute Gasteiger partial charge is 0.159 e. The third-order valence-electron chi connectivity index (χ3n) is 3.83. The number of hydrogen-bond acceptors (Lipinski definition) is 3. The predicted octanol–water partition coefficient (Wildman–Crippen LogP) is 1.78. The highest BCUT2D eigenvalue weighted by atomic mass is 15.1. The first-order chi connectivity index (χ1) is 8.18. The largest absolute Gasteiger partial charge is 0.325 e. The van der Waals surface area contributed by atoms with E-state index in [0.29, 0.717) is 0 Å². The third kappa shape index (κ3) is 1.82. The molecule has 2 N–H and O–H groups in total. The van der Waals surface area contributed by atoms with Crippen molar-refractivity contribution in [2.75, 3.05) is 0 Å². The van der Waals surface area contributed by atoms with E-state index in [-0.39, 0.29) is 5.54 Å². The topological polar surface area (TPSA) is 56.7 Å². The van der Waals surface area contributed by atoms with Gasteiger partial charge in [-0.3, -0.25) is 0 Å². The van der Waals surface area contributed by atoms with Crippen LogP contribution in [0.3, 0.4) is 0 Å². The fraction of sp³-hybridized carbons (Fsp3) is 0.538. The van der Waals surface area contributed by atoms with Crippen molar-refractivity contribution in [2.24, 2.45) is 12.8 Å². The minimum absolute atomic E-state index is 0.0465. The van der Waals surface area contributed by atoms with Crippen molar-refractivity contribution in [3.05, 3.63) is 24.2 Å². The molecule has 2 heterocycles. The van der Waals surface area contributed by atoms with Crippen LogP contribution in [0.1, 0.15) is 31.5 Å². The lowest BCUT2D eigenvalue weighted by molar-refractivity contribution is 0.422. The van der Waals surface area contributed by atoms with Crippen LogP contribution in [0.2, 0.25) is 0 Å². The lowest BCUT2D eigenvalue weighted by Gasteiger charge is -2.22. The Morgan fingerprint density at radius 3 is 2.88 bits per heavy atom. The molecule has 2 aromatic heterocycles. The van der Waals surface area contributed by atoms with Gasteiger partial charge in [0.2, 0.25) is 0 Å². The van der Waals surface area contributed by atoms with Crippen molar-refractivity contribution in [3.63, 3.8) is 0 Å². The summed E-state index contributed by atoms with van der Waals surface area (Å²) in [5.41, 5.74) is 8.27. The molecule has 17 heavy (non-hydrogen) atoms. The summed E-state index contributed by atoms with van der Waals surface area (Å²) in [4.78, 5) is 9.00. The average molecular weight is 230 g/mol. The third-order valence-corrected chi connectivity index (χ3v) is 3.83. The minimum atomic E-state index is -0.0465. The molecule has 1 aliphatic carbocycles. The standard InChI is InChI=1S/C13H18N4/c1-17-11(9-13(14)6-2-3-7-13)16-10-5-4-8-15-12(10)17/h4-5,8H,2-3,6-7,9,14H2,1H3. The molecule has 0 atom stereocenters. The Bertz CT molecular complexity index is 537. The van der Waals surface area contributed by atoms with Crippen LogP contribution in [0, 0.1) is 0 Å². The van der Waals surface area contributed by atoms with Crippen LogP contribution in [0.25, 0.3) is 11.2 Å². The van der Waals surface area contributed by atoms with E-state index >= 15 is 0 Å². The quantitative estimate of drug-likeness (QED) is 0.855. The van der Waals surface area contributed by atoms with Crippen LogP contribution in [-0.4, -0.2) is 20.1 Å². The van der Waals surface area contributed by atoms with Gasteiger partial charge in [-0.1, -0.05) is 12.8 Å². The Kier molecular flexibility index (Phi) is 2.40. The number of nitrogens with two attached hydrogens (primary N) is 1. The fourth-order valence-corrected chi connectivity index (χ4v) is 2.80. The Balaban J connectivity index is 1.97. The monoisotopic (exact) mass is 230 g/mol. The van der Waals surface area contributed by atoms with Crippen molar-refractivity contribution in [2.45, 2.75) is 37.6 Å². The van der Waals surface area contributed by atoms with E-state index in [9.17, 15) is 0 Å². The van der Waals surface area contributed by atoms with E-state index in [1.807, 2.05) is 25.4 Å². The van der Waals surface area contributed by atoms with Gasteiger partial charge in [0.05, 0.1) is 0 Å². The van der Waals surface area contributed by atoms with Gasteiger partial charge in [-0.05, 0) is 25.0 Å². The summed E-state index contributed by atoms with van der Waals surface area (Å²) in [6.07, 6.45) is 7.39. The zero-order chi connectivity index (χ0) is 11.9. The summed E-state index contributed by atoms with van der Waals surface area (Å²) in [6, 6.07) is 3.93. The number of hydrogen-bond donors (Lipinski definition) is 1. The van der Waals surface area contributed by atoms with E-state index in [2.05, 4.69) is 14.5 Å². The molecule has 0 aromatic carbocycles. The number of fused-ring (bicyclic) bond motifs is 1. The zero-order valence-electron chi connectivity index (χ0n) is 10.2. The molecule has 0 aliphatic heterocycles. The second kappa shape index (κ2) is 3.81. The number of nitrogens with zero attached hydrogens (tertiary/aromatic N) is 3. The van der Waals surface area contributed by atoms with E-state index in [4.69, 9.17) is 5.73 Å². The van der Waals surface area contributed by atoms with Gasteiger partial charge >= 0.3 is 0 Å². The lowest BCUT2D eigenvalue weighted by atomic mass is 9.94. The molecule has 4 nitrogen and oxygen atoms in total. The second-order valence-electron chi connectivity index (χ2n) is 5.18. The van der Waals surface area contributed by atoms with E-state index in [1.165, 1.54) is 12.8 Å².